The van der Waals surface area contributed by atoms with E-state index in [9.17, 15) is 4.79 Å². The maximum absolute atomic E-state index is 10.8. The van der Waals surface area contributed by atoms with E-state index in [0.29, 0.717) is 10.6 Å². The first-order valence-electron chi connectivity index (χ1n) is 3.87. The number of hydrogen-bond donors (Lipinski definition) is 0. The second-order valence-corrected chi connectivity index (χ2v) is 3.64. The monoisotopic (exact) mass is 192 g/mol. The maximum atomic E-state index is 10.8. The lowest BCUT2D eigenvalue weighted by atomic mass is 10.2. The standard InChI is InChI=1S/C10H8O2S/c1-12-10-8(6-11)7-4-2-3-5-9(7)13-10/h2-6H,1H3. The molecule has 0 bridgehead atoms. The van der Waals surface area contributed by atoms with Crippen molar-refractivity contribution in [3.8, 4) is 5.06 Å². The molecule has 2 nitrogen and oxygen atoms in total. The van der Waals surface area contributed by atoms with Gasteiger partial charge in [-0.25, -0.2) is 0 Å². The molecular weight excluding hydrogens is 184 g/mol. The number of benzene rings is 1. The normalized spacial score (nSPS) is 10.2. The van der Waals surface area contributed by atoms with Gasteiger partial charge in [0.2, 0.25) is 0 Å². The molecule has 0 unspecified atom stereocenters. The smallest absolute Gasteiger partial charge is 0.185 e. The molecule has 2 aromatic rings. The van der Waals surface area contributed by atoms with Crippen LogP contribution in [0.4, 0.5) is 0 Å². The Morgan fingerprint density at radius 1 is 1.38 bits per heavy atom. The molecule has 2 rings (SSSR count). The van der Waals surface area contributed by atoms with Crippen molar-refractivity contribution in [2.75, 3.05) is 7.11 Å². The summed E-state index contributed by atoms with van der Waals surface area (Å²) >= 11 is 1.49. The number of carbonyl (C=O) groups excluding carboxylic acids is 1. The molecule has 0 amide bonds. The predicted octanol–water partition coefficient (Wildman–Crippen LogP) is 2.72. The molecule has 0 saturated heterocycles. The van der Waals surface area contributed by atoms with Crippen LogP contribution in [-0.4, -0.2) is 13.4 Å². The Balaban J connectivity index is 2.81. The number of ether oxygens (including phenoxy) is 1. The number of aldehydes is 1. The lowest BCUT2D eigenvalue weighted by Crippen LogP contribution is -1.83. The van der Waals surface area contributed by atoms with Gasteiger partial charge in [0.15, 0.2) is 11.3 Å². The Morgan fingerprint density at radius 3 is 2.85 bits per heavy atom. The van der Waals surface area contributed by atoms with Gasteiger partial charge < -0.3 is 4.74 Å². The number of methoxy groups -OCH3 is 1. The van der Waals surface area contributed by atoms with Crippen molar-refractivity contribution in [1.29, 1.82) is 0 Å². The van der Waals surface area contributed by atoms with Crippen LogP contribution in [-0.2, 0) is 0 Å². The van der Waals surface area contributed by atoms with Crippen LogP contribution in [0, 0.1) is 0 Å². The molecule has 66 valence electrons. The molecule has 3 heteroatoms. The van der Waals surface area contributed by atoms with E-state index in [0.717, 1.165) is 16.4 Å². The molecule has 0 saturated carbocycles. The van der Waals surface area contributed by atoms with Crippen LogP contribution < -0.4 is 4.74 Å². The van der Waals surface area contributed by atoms with Gasteiger partial charge in [-0.05, 0) is 6.07 Å². The lowest BCUT2D eigenvalue weighted by molar-refractivity contribution is 0.112. The van der Waals surface area contributed by atoms with Crippen molar-refractivity contribution in [2.24, 2.45) is 0 Å². The fraction of sp³-hybridized carbons (Fsp3) is 0.100. The van der Waals surface area contributed by atoms with Gasteiger partial charge in [-0.1, -0.05) is 29.5 Å². The number of hydrogen-bond acceptors (Lipinski definition) is 3. The number of carbonyl (C=O) groups is 1. The van der Waals surface area contributed by atoms with Gasteiger partial charge in [-0.3, -0.25) is 4.79 Å². The average Bonchev–Trinajstić information content (AvgIpc) is 2.55. The van der Waals surface area contributed by atoms with Gasteiger partial charge in [0.25, 0.3) is 0 Å². The van der Waals surface area contributed by atoms with Crippen molar-refractivity contribution in [3.63, 3.8) is 0 Å². The largest absolute Gasteiger partial charge is 0.487 e. The minimum Gasteiger partial charge on any atom is -0.487 e. The van der Waals surface area contributed by atoms with Gasteiger partial charge in [-0.15, -0.1) is 0 Å². The Bertz CT molecular complexity index is 445. The highest BCUT2D eigenvalue weighted by Crippen LogP contribution is 2.35. The van der Waals surface area contributed by atoms with Crippen LogP contribution >= 0.6 is 11.3 Å². The minimum atomic E-state index is 0.656. The average molecular weight is 192 g/mol. The minimum absolute atomic E-state index is 0.656. The Labute approximate surface area is 79.8 Å². The molecule has 0 radical (unpaired) electrons. The van der Waals surface area contributed by atoms with E-state index >= 15 is 0 Å². The van der Waals surface area contributed by atoms with Crippen LogP contribution in [0.25, 0.3) is 10.1 Å². The summed E-state index contributed by atoms with van der Waals surface area (Å²) in [4.78, 5) is 10.8. The van der Waals surface area contributed by atoms with Gasteiger partial charge >= 0.3 is 0 Å². The van der Waals surface area contributed by atoms with Crippen molar-refractivity contribution in [3.05, 3.63) is 29.8 Å². The van der Waals surface area contributed by atoms with E-state index in [1.807, 2.05) is 24.3 Å². The third-order valence-electron chi connectivity index (χ3n) is 1.90. The second kappa shape index (κ2) is 3.18. The predicted molar refractivity (Wildman–Crippen MR) is 53.8 cm³/mol. The summed E-state index contributed by atoms with van der Waals surface area (Å²) in [5, 5.41) is 1.66. The zero-order chi connectivity index (χ0) is 9.26. The van der Waals surface area contributed by atoms with Crippen molar-refractivity contribution in [1.82, 2.24) is 0 Å². The van der Waals surface area contributed by atoms with Crippen molar-refractivity contribution in [2.45, 2.75) is 0 Å². The van der Waals surface area contributed by atoms with Crippen LogP contribution in [0.1, 0.15) is 10.4 Å². The summed E-state index contributed by atoms with van der Waals surface area (Å²) < 4.78 is 6.19. The Kier molecular flexibility index (Phi) is 2.02. The van der Waals surface area contributed by atoms with Crippen LogP contribution in [0.5, 0.6) is 5.06 Å². The summed E-state index contributed by atoms with van der Waals surface area (Å²) in [6, 6.07) is 7.78. The third kappa shape index (κ3) is 1.21. The molecule has 1 aromatic carbocycles. The zero-order valence-corrected chi connectivity index (χ0v) is 7.93. The molecule has 0 aliphatic carbocycles. The molecule has 0 aliphatic rings. The summed E-state index contributed by atoms with van der Waals surface area (Å²) in [7, 11) is 1.58. The second-order valence-electron chi connectivity index (χ2n) is 2.62. The molecule has 1 aromatic heterocycles. The summed E-state index contributed by atoms with van der Waals surface area (Å²) in [5.41, 5.74) is 0.656. The first-order valence-corrected chi connectivity index (χ1v) is 4.69. The molecule has 0 atom stereocenters. The van der Waals surface area contributed by atoms with E-state index < -0.39 is 0 Å². The number of fused-ring (bicyclic) bond motifs is 1. The molecule has 0 spiro atoms. The van der Waals surface area contributed by atoms with E-state index in [1.54, 1.807) is 7.11 Å². The molecule has 1 heterocycles. The number of rotatable bonds is 2. The highest BCUT2D eigenvalue weighted by Gasteiger charge is 2.10. The maximum Gasteiger partial charge on any atom is 0.185 e. The van der Waals surface area contributed by atoms with Crippen LogP contribution in [0.2, 0.25) is 0 Å². The van der Waals surface area contributed by atoms with E-state index in [2.05, 4.69) is 0 Å². The van der Waals surface area contributed by atoms with Crippen molar-refractivity contribution >= 4 is 27.7 Å². The molecule has 0 N–H and O–H groups in total. The van der Waals surface area contributed by atoms with E-state index in [1.165, 1.54) is 11.3 Å². The quantitative estimate of drug-likeness (QED) is 0.684. The van der Waals surface area contributed by atoms with Crippen LogP contribution in [0.3, 0.4) is 0 Å². The zero-order valence-electron chi connectivity index (χ0n) is 7.11. The SMILES string of the molecule is COc1sc2ccccc2c1C=O. The van der Waals surface area contributed by atoms with Gasteiger partial charge in [0, 0.05) is 10.1 Å². The third-order valence-corrected chi connectivity index (χ3v) is 3.05. The number of thiophene rings is 1. The first-order chi connectivity index (χ1) is 6.36. The topological polar surface area (TPSA) is 26.3 Å². The Hall–Kier alpha value is -1.35. The molecule has 13 heavy (non-hydrogen) atoms. The van der Waals surface area contributed by atoms with Gasteiger partial charge in [0.05, 0.1) is 12.7 Å². The molecule has 0 fully saturated rings. The van der Waals surface area contributed by atoms with Crippen LogP contribution in [0.15, 0.2) is 24.3 Å². The fourth-order valence-electron chi connectivity index (χ4n) is 1.31. The van der Waals surface area contributed by atoms with Gasteiger partial charge in [-0.2, -0.15) is 0 Å². The van der Waals surface area contributed by atoms with Crippen molar-refractivity contribution < 1.29 is 9.53 Å². The van der Waals surface area contributed by atoms with Gasteiger partial charge in [0.1, 0.15) is 0 Å². The molecule has 0 aliphatic heterocycles. The summed E-state index contributed by atoms with van der Waals surface area (Å²) in [6.45, 7) is 0. The Morgan fingerprint density at radius 2 is 2.15 bits per heavy atom. The highest BCUT2D eigenvalue weighted by molar-refractivity contribution is 7.21. The summed E-state index contributed by atoms with van der Waals surface area (Å²) in [6.07, 6.45) is 0.845. The first kappa shape index (κ1) is 8.26. The van der Waals surface area contributed by atoms with E-state index in [4.69, 9.17) is 4.74 Å². The highest BCUT2D eigenvalue weighted by atomic mass is 32.1. The fourth-order valence-corrected chi connectivity index (χ4v) is 2.29. The lowest BCUT2D eigenvalue weighted by Gasteiger charge is -1.93. The summed E-state index contributed by atoms with van der Waals surface area (Å²) in [5.74, 6) is 0. The van der Waals surface area contributed by atoms with E-state index in [-0.39, 0.29) is 0 Å². The molecular formula is C10H8O2S.